The SMILES string of the molecule is Fc1ccc(C=Nc2n[nH]c(/N=C/c3ccc(F)cc3)c2Cc2ccc(Cl)cc2)cc1. The molecule has 1 N–H and O–H groups in total. The average molecular weight is 435 g/mol. The molecule has 4 rings (SSSR count). The summed E-state index contributed by atoms with van der Waals surface area (Å²) in [5.41, 5.74) is 3.31. The Labute approximate surface area is 183 Å². The van der Waals surface area contributed by atoms with Crippen molar-refractivity contribution in [2.75, 3.05) is 0 Å². The highest BCUT2D eigenvalue weighted by Crippen LogP contribution is 2.29. The predicted molar refractivity (Wildman–Crippen MR) is 120 cm³/mol. The van der Waals surface area contributed by atoms with E-state index in [1.54, 1.807) is 36.7 Å². The molecule has 0 radical (unpaired) electrons. The predicted octanol–water partition coefficient (Wildman–Crippen LogP) is 6.43. The summed E-state index contributed by atoms with van der Waals surface area (Å²) in [5.74, 6) is 0.411. The summed E-state index contributed by atoms with van der Waals surface area (Å²) in [5, 5.41) is 7.86. The van der Waals surface area contributed by atoms with E-state index in [0.717, 1.165) is 22.3 Å². The minimum atomic E-state index is -0.308. The van der Waals surface area contributed by atoms with E-state index in [0.29, 0.717) is 23.1 Å². The van der Waals surface area contributed by atoms with Gasteiger partial charge in [0.25, 0.3) is 0 Å². The number of rotatable bonds is 6. The third-order valence-electron chi connectivity index (χ3n) is 4.54. The van der Waals surface area contributed by atoms with Crippen molar-refractivity contribution in [1.29, 1.82) is 0 Å². The quantitative estimate of drug-likeness (QED) is 0.349. The van der Waals surface area contributed by atoms with Gasteiger partial charge in [-0.1, -0.05) is 48.0 Å². The van der Waals surface area contributed by atoms with Gasteiger partial charge in [0.15, 0.2) is 11.6 Å². The zero-order chi connectivity index (χ0) is 21.6. The maximum Gasteiger partial charge on any atom is 0.179 e. The Balaban J connectivity index is 1.65. The van der Waals surface area contributed by atoms with E-state index < -0.39 is 0 Å². The largest absolute Gasteiger partial charge is 0.259 e. The molecule has 1 heterocycles. The summed E-state index contributed by atoms with van der Waals surface area (Å²) < 4.78 is 26.3. The molecule has 0 amide bonds. The van der Waals surface area contributed by atoms with Crippen molar-refractivity contribution in [3.8, 4) is 0 Å². The molecular weight excluding hydrogens is 418 g/mol. The first-order valence-electron chi connectivity index (χ1n) is 9.48. The Morgan fingerprint density at radius 1 is 0.774 bits per heavy atom. The number of benzene rings is 3. The van der Waals surface area contributed by atoms with E-state index >= 15 is 0 Å². The van der Waals surface area contributed by atoms with Crippen molar-refractivity contribution in [2.45, 2.75) is 6.42 Å². The van der Waals surface area contributed by atoms with Crippen LogP contribution < -0.4 is 0 Å². The monoisotopic (exact) mass is 434 g/mol. The lowest BCUT2D eigenvalue weighted by Gasteiger charge is -2.02. The molecule has 0 spiro atoms. The number of hydrogen-bond donors (Lipinski definition) is 1. The van der Waals surface area contributed by atoms with Gasteiger partial charge in [-0.15, -0.1) is 0 Å². The van der Waals surface area contributed by atoms with Crippen LogP contribution in [0.15, 0.2) is 82.8 Å². The van der Waals surface area contributed by atoms with Crippen LogP contribution in [-0.4, -0.2) is 22.6 Å². The standard InChI is InChI=1S/C24H17ClF2N4/c25-19-7-1-16(2-8-19)13-22-23(28-14-17-3-9-20(26)10-4-17)30-31-24(22)29-15-18-5-11-21(27)12-6-18/h1-12,14-15H,13H2,(H,30,31)/b28-14+,29-15?. The lowest BCUT2D eigenvalue weighted by molar-refractivity contribution is 0.627. The van der Waals surface area contributed by atoms with Crippen molar-refractivity contribution in [1.82, 2.24) is 10.2 Å². The number of aromatic nitrogens is 2. The third kappa shape index (κ3) is 5.49. The maximum absolute atomic E-state index is 13.1. The van der Waals surface area contributed by atoms with Gasteiger partial charge in [-0.2, -0.15) is 5.10 Å². The van der Waals surface area contributed by atoms with Crippen LogP contribution in [0.1, 0.15) is 22.3 Å². The molecule has 3 aromatic carbocycles. The smallest absolute Gasteiger partial charge is 0.179 e. The number of aliphatic imine (C=N–C) groups is 2. The Morgan fingerprint density at radius 2 is 1.32 bits per heavy atom. The lowest BCUT2D eigenvalue weighted by Crippen LogP contribution is -1.89. The molecule has 1 aromatic heterocycles. The Hall–Kier alpha value is -3.64. The van der Waals surface area contributed by atoms with Crippen LogP contribution in [0.2, 0.25) is 5.02 Å². The second-order valence-corrected chi connectivity index (χ2v) is 7.23. The molecule has 0 unspecified atom stereocenters. The van der Waals surface area contributed by atoms with E-state index in [1.807, 2.05) is 24.3 Å². The van der Waals surface area contributed by atoms with Gasteiger partial charge in [0, 0.05) is 29.4 Å². The first kappa shape index (κ1) is 20.6. The van der Waals surface area contributed by atoms with Crippen LogP contribution in [0, 0.1) is 11.6 Å². The molecule has 0 saturated carbocycles. The van der Waals surface area contributed by atoms with Crippen LogP contribution in [0.25, 0.3) is 0 Å². The van der Waals surface area contributed by atoms with Crippen LogP contribution in [0.5, 0.6) is 0 Å². The van der Waals surface area contributed by atoms with Gasteiger partial charge in [-0.25, -0.2) is 18.8 Å². The molecule has 4 nitrogen and oxygen atoms in total. The number of H-pyrrole nitrogens is 1. The van der Waals surface area contributed by atoms with Crippen molar-refractivity contribution in [3.63, 3.8) is 0 Å². The van der Waals surface area contributed by atoms with E-state index in [2.05, 4.69) is 20.2 Å². The molecule has 154 valence electrons. The highest BCUT2D eigenvalue weighted by atomic mass is 35.5. The van der Waals surface area contributed by atoms with Crippen LogP contribution in [0.3, 0.4) is 0 Å². The van der Waals surface area contributed by atoms with Crippen molar-refractivity contribution >= 4 is 35.7 Å². The number of nitrogens with zero attached hydrogens (tertiary/aromatic N) is 3. The summed E-state index contributed by atoms with van der Waals surface area (Å²) in [6.07, 6.45) is 3.78. The Kier molecular flexibility index (Phi) is 6.29. The second kappa shape index (κ2) is 9.45. The fourth-order valence-electron chi connectivity index (χ4n) is 2.90. The summed E-state index contributed by atoms with van der Waals surface area (Å²) in [6, 6.07) is 19.5. The normalized spacial score (nSPS) is 11.6. The minimum Gasteiger partial charge on any atom is -0.259 e. The fourth-order valence-corrected chi connectivity index (χ4v) is 3.03. The topological polar surface area (TPSA) is 53.4 Å². The third-order valence-corrected chi connectivity index (χ3v) is 4.79. The zero-order valence-electron chi connectivity index (χ0n) is 16.3. The second-order valence-electron chi connectivity index (χ2n) is 6.80. The summed E-state index contributed by atoms with van der Waals surface area (Å²) in [4.78, 5) is 8.96. The van der Waals surface area contributed by atoms with E-state index in [-0.39, 0.29) is 11.6 Å². The molecule has 31 heavy (non-hydrogen) atoms. The van der Waals surface area contributed by atoms with Crippen LogP contribution in [0.4, 0.5) is 20.4 Å². The van der Waals surface area contributed by atoms with Crippen molar-refractivity contribution < 1.29 is 8.78 Å². The number of nitrogens with one attached hydrogen (secondary N) is 1. The first-order chi connectivity index (χ1) is 15.1. The Bertz CT molecular complexity index is 1140. The van der Waals surface area contributed by atoms with Crippen LogP contribution >= 0.6 is 11.6 Å². The molecule has 0 aliphatic heterocycles. The highest BCUT2D eigenvalue weighted by molar-refractivity contribution is 6.30. The summed E-state index contributed by atoms with van der Waals surface area (Å²) in [6.45, 7) is 0. The van der Waals surface area contributed by atoms with Gasteiger partial charge in [-0.3, -0.25) is 5.10 Å². The maximum atomic E-state index is 13.1. The molecule has 0 bridgehead atoms. The number of hydrogen-bond acceptors (Lipinski definition) is 3. The lowest BCUT2D eigenvalue weighted by atomic mass is 10.1. The molecule has 7 heteroatoms. The summed E-state index contributed by atoms with van der Waals surface area (Å²) in [7, 11) is 0. The molecular formula is C24H17ClF2N4. The summed E-state index contributed by atoms with van der Waals surface area (Å²) >= 11 is 5.99. The molecule has 0 atom stereocenters. The molecule has 4 aromatic rings. The van der Waals surface area contributed by atoms with Crippen LogP contribution in [-0.2, 0) is 6.42 Å². The van der Waals surface area contributed by atoms with Gasteiger partial charge in [0.2, 0.25) is 0 Å². The van der Waals surface area contributed by atoms with E-state index in [9.17, 15) is 8.78 Å². The average Bonchev–Trinajstić information content (AvgIpc) is 3.16. The van der Waals surface area contributed by atoms with Crippen molar-refractivity contribution in [3.05, 3.63) is 112 Å². The highest BCUT2D eigenvalue weighted by Gasteiger charge is 2.13. The van der Waals surface area contributed by atoms with Gasteiger partial charge < -0.3 is 0 Å². The van der Waals surface area contributed by atoms with Gasteiger partial charge in [-0.05, 0) is 53.1 Å². The molecule has 0 fully saturated rings. The van der Waals surface area contributed by atoms with Gasteiger partial charge >= 0.3 is 0 Å². The number of aromatic amines is 1. The molecule has 0 aliphatic rings. The van der Waals surface area contributed by atoms with Crippen molar-refractivity contribution in [2.24, 2.45) is 9.98 Å². The zero-order valence-corrected chi connectivity index (χ0v) is 17.0. The number of halogens is 3. The minimum absolute atomic E-state index is 0.306. The van der Waals surface area contributed by atoms with Gasteiger partial charge in [0.1, 0.15) is 11.6 Å². The molecule has 0 saturated heterocycles. The molecule has 0 aliphatic carbocycles. The fraction of sp³-hybridized carbons (Fsp3) is 0.0417. The first-order valence-corrected chi connectivity index (χ1v) is 9.85. The van der Waals surface area contributed by atoms with E-state index in [4.69, 9.17) is 11.6 Å². The Morgan fingerprint density at radius 3 is 1.90 bits per heavy atom. The van der Waals surface area contributed by atoms with Gasteiger partial charge in [0.05, 0.1) is 0 Å². The van der Waals surface area contributed by atoms with E-state index in [1.165, 1.54) is 24.3 Å².